The molecule has 1 aliphatic heterocycles. The first-order valence-corrected chi connectivity index (χ1v) is 5.74. The zero-order valence-electron chi connectivity index (χ0n) is 10.4. The van der Waals surface area contributed by atoms with Gasteiger partial charge < -0.3 is 19.3 Å². The molecular formula is C13H16O5. The van der Waals surface area contributed by atoms with Crippen molar-refractivity contribution in [2.45, 2.75) is 25.7 Å². The van der Waals surface area contributed by atoms with Crippen LogP contribution in [0.2, 0.25) is 0 Å². The third-order valence-corrected chi connectivity index (χ3v) is 2.60. The van der Waals surface area contributed by atoms with E-state index in [-0.39, 0.29) is 11.7 Å². The predicted molar refractivity (Wildman–Crippen MR) is 63.8 cm³/mol. The minimum absolute atomic E-state index is 0.0980. The van der Waals surface area contributed by atoms with Crippen LogP contribution in [-0.2, 0) is 9.47 Å². The van der Waals surface area contributed by atoms with Crippen molar-refractivity contribution < 1.29 is 24.1 Å². The molecule has 1 atom stereocenters. The van der Waals surface area contributed by atoms with Crippen LogP contribution >= 0.6 is 0 Å². The molecule has 1 N–H and O–H groups in total. The highest BCUT2D eigenvalue weighted by Crippen LogP contribution is 2.23. The maximum atomic E-state index is 10.7. The lowest BCUT2D eigenvalue weighted by Crippen LogP contribution is -2.25. The standard InChI is InChI=1S/C13H16O5/c1-13(2)17-8-11(18-13)7-16-10-5-3-9(4-6-10)12(14)15/h3-6,11H,7-8H2,1-2H3,(H,14,15). The summed E-state index contributed by atoms with van der Waals surface area (Å²) in [6.45, 7) is 4.60. The van der Waals surface area contributed by atoms with Gasteiger partial charge in [-0.2, -0.15) is 0 Å². The van der Waals surface area contributed by atoms with Gasteiger partial charge in [0.25, 0.3) is 0 Å². The Labute approximate surface area is 105 Å². The molecule has 5 heteroatoms. The molecule has 2 rings (SSSR count). The second kappa shape index (κ2) is 4.96. The number of benzene rings is 1. The van der Waals surface area contributed by atoms with E-state index in [2.05, 4.69) is 0 Å². The molecule has 0 radical (unpaired) electrons. The summed E-state index contributed by atoms with van der Waals surface area (Å²) in [6.07, 6.45) is -0.0980. The lowest BCUT2D eigenvalue weighted by atomic mass is 10.2. The van der Waals surface area contributed by atoms with Gasteiger partial charge in [0.1, 0.15) is 18.5 Å². The monoisotopic (exact) mass is 252 g/mol. The van der Waals surface area contributed by atoms with Crippen LogP contribution in [0.15, 0.2) is 24.3 Å². The van der Waals surface area contributed by atoms with Crippen LogP contribution < -0.4 is 4.74 Å². The molecule has 0 aromatic heterocycles. The number of ether oxygens (including phenoxy) is 3. The molecule has 98 valence electrons. The Hall–Kier alpha value is -1.59. The molecule has 0 aliphatic carbocycles. The fourth-order valence-corrected chi connectivity index (χ4v) is 1.73. The van der Waals surface area contributed by atoms with Crippen molar-refractivity contribution in [1.29, 1.82) is 0 Å². The van der Waals surface area contributed by atoms with E-state index in [1.165, 1.54) is 12.1 Å². The average molecular weight is 252 g/mol. The summed E-state index contributed by atoms with van der Waals surface area (Å²) in [5, 5.41) is 8.76. The van der Waals surface area contributed by atoms with Crippen molar-refractivity contribution in [1.82, 2.24) is 0 Å². The van der Waals surface area contributed by atoms with E-state index in [1.807, 2.05) is 13.8 Å². The molecular weight excluding hydrogens is 236 g/mol. The number of carbonyl (C=O) groups is 1. The van der Waals surface area contributed by atoms with E-state index in [4.69, 9.17) is 19.3 Å². The summed E-state index contributed by atoms with van der Waals surface area (Å²) >= 11 is 0. The van der Waals surface area contributed by atoms with Gasteiger partial charge in [-0.3, -0.25) is 0 Å². The maximum absolute atomic E-state index is 10.7. The maximum Gasteiger partial charge on any atom is 0.335 e. The lowest BCUT2D eigenvalue weighted by Gasteiger charge is -2.17. The summed E-state index contributed by atoms with van der Waals surface area (Å²) in [5.74, 6) is -0.884. The highest BCUT2D eigenvalue weighted by atomic mass is 16.7. The lowest BCUT2D eigenvalue weighted by molar-refractivity contribution is -0.141. The number of carboxylic acid groups (broad SMARTS) is 1. The minimum Gasteiger partial charge on any atom is -0.491 e. The van der Waals surface area contributed by atoms with E-state index < -0.39 is 11.8 Å². The molecule has 1 aliphatic rings. The van der Waals surface area contributed by atoms with Crippen LogP contribution in [-0.4, -0.2) is 36.2 Å². The number of rotatable bonds is 4. The largest absolute Gasteiger partial charge is 0.491 e. The third kappa shape index (κ3) is 3.21. The van der Waals surface area contributed by atoms with Crippen LogP contribution in [0.3, 0.4) is 0 Å². The average Bonchev–Trinajstić information content (AvgIpc) is 2.67. The topological polar surface area (TPSA) is 65.0 Å². The zero-order valence-corrected chi connectivity index (χ0v) is 10.4. The van der Waals surface area contributed by atoms with E-state index in [1.54, 1.807) is 12.1 Å². The highest BCUT2D eigenvalue weighted by Gasteiger charge is 2.32. The molecule has 18 heavy (non-hydrogen) atoms. The van der Waals surface area contributed by atoms with Gasteiger partial charge in [0.2, 0.25) is 0 Å². The highest BCUT2D eigenvalue weighted by molar-refractivity contribution is 5.87. The molecule has 1 fully saturated rings. The third-order valence-electron chi connectivity index (χ3n) is 2.60. The van der Waals surface area contributed by atoms with Gasteiger partial charge in [0.15, 0.2) is 5.79 Å². The molecule has 5 nitrogen and oxygen atoms in total. The first kappa shape index (κ1) is 12.9. The Morgan fingerprint density at radius 1 is 1.44 bits per heavy atom. The summed E-state index contributed by atoms with van der Waals surface area (Å²) in [6, 6.07) is 6.27. The Balaban J connectivity index is 1.85. The van der Waals surface area contributed by atoms with E-state index >= 15 is 0 Å². The van der Waals surface area contributed by atoms with Crippen molar-refractivity contribution in [2.75, 3.05) is 13.2 Å². The zero-order chi connectivity index (χ0) is 13.2. The van der Waals surface area contributed by atoms with Gasteiger partial charge in [-0.1, -0.05) is 0 Å². The summed E-state index contributed by atoms with van der Waals surface area (Å²) in [5.41, 5.74) is 0.240. The van der Waals surface area contributed by atoms with Gasteiger partial charge in [-0.25, -0.2) is 4.79 Å². The molecule has 1 aromatic carbocycles. The second-order valence-electron chi connectivity index (χ2n) is 4.59. The Kier molecular flexibility index (Phi) is 3.54. The first-order valence-electron chi connectivity index (χ1n) is 5.74. The van der Waals surface area contributed by atoms with Crippen molar-refractivity contribution in [2.24, 2.45) is 0 Å². The van der Waals surface area contributed by atoms with Crippen LogP contribution in [0.1, 0.15) is 24.2 Å². The van der Waals surface area contributed by atoms with Crippen molar-refractivity contribution >= 4 is 5.97 Å². The SMILES string of the molecule is CC1(C)OCC(COc2ccc(C(=O)O)cc2)O1. The number of carboxylic acids is 1. The van der Waals surface area contributed by atoms with Gasteiger partial charge >= 0.3 is 5.97 Å². The van der Waals surface area contributed by atoms with E-state index in [0.717, 1.165) is 0 Å². The molecule has 0 amide bonds. The molecule has 1 saturated heterocycles. The van der Waals surface area contributed by atoms with Crippen molar-refractivity contribution in [3.63, 3.8) is 0 Å². The van der Waals surface area contributed by atoms with Crippen LogP contribution in [0, 0.1) is 0 Å². The Morgan fingerprint density at radius 2 is 2.11 bits per heavy atom. The molecule has 0 bridgehead atoms. The van der Waals surface area contributed by atoms with Crippen molar-refractivity contribution in [3.8, 4) is 5.75 Å². The summed E-state index contributed by atoms with van der Waals surface area (Å²) < 4.78 is 16.5. The van der Waals surface area contributed by atoms with E-state index in [0.29, 0.717) is 19.0 Å². The van der Waals surface area contributed by atoms with Gasteiger partial charge in [0, 0.05) is 0 Å². The molecule has 1 aromatic rings. The van der Waals surface area contributed by atoms with Crippen LogP contribution in [0.4, 0.5) is 0 Å². The summed E-state index contributed by atoms with van der Waals surface area (Å²) in [7, 11) is 0. The van der Waals surface area contributed by atoms with Gasteiger partial charge in [-0.15, -0.1) is 0 Å². The minimum atomic E-state index is -0.948. The Bertz CT molecular complexity index is 424. The molecule has 0 spiro atoms. The molecule has 1 heterocycles. The quantitative estimate of drug-likeness (QED) is 0.886. The Morgan fingerprint density at radius 3 is 2.61 bits per heavy atom. The number of hydrogen-bond donors (Lipinski definition) is 1. The van der Waals surface area contributed by atoms with Gasteiger partial charge in [0.05, 0.1) is 12.2 Å². The molecule has 0 saturated carbocycles. The predicted octanol–water partition coefficient (Wildman–Crippen LogP) is 1.92. The number of aromatic carboxylic acids is 1. The number of hydrogen-bond acceptors (Lipinski definition) is 4. The second-order valence-corrected chi connectivity index (χ2v) is 4.59. The fraction of sp³-hybridized carbons (Fsp3) is 0.462. The van der Waals surface area contributed by atoms with Crippen LogP contribution in [0.5, 0.6) is 5.75 Å². The summed E-state index contributed by atoms with van der Waals surface area (Å²) in [4.78, 5) is 10.7. The first-order chi connectivity index (χ1) is 8.46. The van der Waals surface area contributed by atoms with Crippen LogP contribution in [0.25, 0.3) is 0 Å². The van der Waals surface area contributed by atoms with E-state index in [9.17, 15) is 4.79 Å². The smallest absolute Gasteiger partial charge is 0.335 e. The van der Waals surface area contributed by atoms with Crippen molar-refractivity contribution in [3.05, 3.63) is 29.8 Å². The molecule has 1 unspecified atom stereocenters. The van der Waals surface area contributed by atoms with Gasteiger partial charge in [-0.05, 0) is 38.1 Å². The normalized spacial score (nSPS) is 21.8. The fourth-order valence-electron chi connectivity index (χ4n) is 1.73.